The quantitative estimate of drug-likeness (QED) is 0.425. The van der Waals surface area contributed by atoms with Crippen LogP contribution >= 0.6 is 0 Å². The molecule has 0 saturated carbocycles. The second-order valence-electron chi connectivity index (χ2n) is 6.08. The van der Waals surface area contributed by atoms with Crippen LogP contribution in [0.4, 0.5) is 0 Å². The first-order valence-electron chi connectivity index (χ1n) is 7.26. The van der Waals surface area contributed by atoms with Crippen molar-refractivity contribution in [2.75, 3.05) is 13.7 Å². The molecule has 118 valence electrons. The maximum Gasteiger partial charge on any atom is 0.330 e. The lowest BCUT2D eigenvalue weighted by molar-refractivity contribution is -0.134. The number of aliphatic hydroxyl groups excluding tert-OH is 1. The van der Waals surface area contributed by atoms with E-state index in [9.17, 15) is 9.90 Å². The van der Waals surface area contributed by atoms with Gasteiger partial charge < -0.3 is 14.3 Å². The average molecular weight is 302 g/mol. The summed E-state index contributed by atoms with van der Waals surface area (Å²) in [6.45, 7) is 13.4. The van der Waals surface area contributed by atoms with Crippen LogP contribution in [0.1, 0.15) is 41.5 Å². The van der Waals surface area contributed by atoms with Crippen LogP contribution in [0.3, 0.4) is 0 Å². The number of methoxy groups -OCH3 is 1. The van der Waals surface area contributed by atoms with Crippen molar-refractivity contribution < 1.29 is 19.1 Å². The van der Waals surface area contributed by atoms with Crippen LogP contribution in [0, 0.1) is 0 Å². The van der Waals surface area contributed by atoms with Crippen molar-refractivity contribution in [3.63, 3.8) is 0 Å². The van der Waals surface area contributed by atoms with Crippen LogP contribution in [0.2, 0.25) is 16.6 Å². The molecule has 0 radical (unpaired) electrons. The predicted octanol–water partition coefficient (Wildman–Crippen LogP) is 3.27. The third-order valence-electron chi connectivity index (χ3n) is 3.87. The highest BCUT2D eigenvalue weighted by Gasteiger charge is 2.45. The zero-order valence-electron chi connectivity index (χ0n) is 13.8. The fourth-order valence-corrected chi connectivity index (χ4v) is 8.50. The minimum Gasteiger partial charge on any atom is -0.466 e. The largest absolute Gasteiger partial charge is 0.466 e. The highest BCUT2D eigenvalue weighted by Crippen LogP contribution is 2.42. The van der Waals surface area contributed by atoms with Gasteiger partial charge in [-0.25, -0.2) is 4.79 Å². The molecule has 20 heavy (non-hydrogen) atoms. The van der Waals surface area contributed by atoms with E-state index in [1.165, 1.54) is 19.3 Å². The molecule has 0 rings (SSSR count). The van der Waals surface area contributed by atoms with Gasteiger partial charge in [0.05, 0.1) is 19.8 Å². The number of hydrogen-bond donors (Lipinski definition) is 1. The fraction of sp³-hybridized carbons (Fsp3) is 0.800. The third-order valence-corrected chi connectivity index (χ3v) is 9.95. The van der Waals surface area contributed by atoms with Crippen LogP contribution < -0.4 is 0 Å². The Morgan fingerprint density at radius 3 is 1.90 bits per heavy atom. The highest BCUT2D eigenvalue weighted by molar-refractivity contribution is 6.77. The first-order chi connectivity index (χ1) is 9.18. The van der Waals surface area contributed by atoms with E-state index in [-0.39, 0.29) is 6.61 Å². The van der Waals surface area contributed by atoms with E-state index >= 15 is 0 Å². The summed E-state index contributed by atoms with van der Waals surface area (Å²) in [5, 5.41) is 9.90. The number of carbonyl (C=O) groups is 1. The monoisotopic (exact) mass is 302 g/mol. The Bertz CT molecular complexity index is 302. The number of aliphatic hydroxyl groups is 1. The van der Waals surface area contributed by atoms with Gasteiger partial charge in [-0.3, -0.25) is 0 Å². The minimum absolute atomic E-state index is 0.230. The van der Waals surface area contributed by atoms with Gasteiger partial charge in [0.15, 0.2) is 8.32 Å². The molecule has 0 amide bonds. The molecule has 0 unspecified atom stereocenters. The lowest BCUT2D eigenvalue weighted by atomic mass is 10.3. The van der Waals surface area contributed by atoms with Gasteiger partial charge in [0.25, 0.3) is 0 Å². The van der Waals surface area contributed by atoms with Crippen molar-refractivity contribution in [1.82, 2.24) is 0 Å². The van der Waals surface area contributed by atoms with Gasteiger partial charge in [0.1, 0.15) is 0 Å². The molecule has 5 heteroatoms. The molecule has 0 aliphatic heterocycles. The van der Waals surface area contributed by atoms with Crippen molar-refractivity contribution >= 4 is 14.3 Å². The smallest absolute Gasteiger partial charge is 0.330 e. The second kappa shape index (κ2) is 8.59. The van der Waals surface area contributed by atoms with Crippen molar-refractivity contribution in [3.05, 3.63) is 12.2 Å². The Morgan fingerprint density at radius 2 is 1.55 bits per heavy atom. The highest BCUT2D eigenvalue weighted by atomic mass is 28.4. The summed E-state index contributed by atoms with van der Waals surface area (Å²) >= 11 is 0. The Balaban J connectivity index is 4.78. The number of carbonyl (C=O) groups excluding carboxylic acids is 1. The molecule has 0 fully saturated rings. The summed E-state index contributed by atoms with van der Waals surface area (Å²) in [6.07, 6.45) is 1.88. The van der Waals surface area contributed by atoms with E-state index in [2.05, 4.69) is 46.3 Å². The van der Waals surface area contributed by atoms with Crippen molar-refractivity contribution in [1.29, 1.82) is 0 Å². The number of esters is 1. The van der Waals surface area contributed by atoms with Gasteiger partial charge in [-0.1, -0.05) is 41.5 Å². The lowest BCUT2D eigenvalue weighted by Gasteiger charge is -2.42. The molecular weight excluding hydrogens is 272 g/mol. The second-order valence-corrected chi connectivity index (χ2v) is 11.5. The summed E-state index contributed by atoms with van der Waals surface area (Å²) in [6, 6.07) is 0. The Morgan fingerprint density at radius 1 is 1.10 bits per heavy atom. The molecule has 0 spiro atoms. The molecule has 0 aromatic carbocycles. The zero-order chi connectivity index (χ0) is 15.9. The molecule has 0 aliphatic rings. The minimum atomic E-state index is -1.96. The summed E-state index contributed by atoms with van der Waals surface area (Å²) in [7, 11) is -0.656. The van der Waals surface area contributed by atoms with Gasteiger partial charge in [0.2, 0.25) is 0 Å². The van der Waals surface area contributed by atoms with Crippen LogP contribution in [-0.2, 0) is 14.0 Å². The molecule has 1 N–H and O–H groups in total. The molecule has 1 atom stereocenters. The Hall–Kier alpha value is -0.653. The van der Waals surface area contributed by atoms with Crippen LogP contribution in [0.15, 0.2) is 12.2 Å². The first kappa shape index (κ1) is 19.3. The molecule has 0 aromatic heterocycles. The van der Waals surface area contributed by atoms with Gasteiger partial charge in [-0.2, -0.15) is 0 Å². The number of hydrogen-bond acceptors (Lipinski definition) is 4. The summed E-state index contributed by atoms with van der Waals surface area (Å²) in [5.74, 6) is -0.468. The SMILES string of the molecule is COC(=O)/C=C/[C@@H](O)CO[Si](C(C)C)(C(C)C)C(C)C. The fourth-order valence-electron chi connectivity index (χ4n) is 3.04. The maximum atomic E-state index is 11.0. The summed E-state index contributed by atoms with van der Waals surface area (Å²) in [4.78, 5) is 11.0. The molecule has 0 saturated heterocycles. The molecule has 0 bridgehead atoms. The van der Waals surface area contributed by atoms with E-state index in [1.807, 2.05) is 0 Å². The zero-order valence-corrected chi connectivity index (χ0v) is 14.8. The van der Waals surface area contributed by atoms with Gasteiger partial charge >= 0.3 is 5.97 Å². The van der Waals surface area contributed by atoms with Crippen molar-refractivity contribution in [3.8, 4) is 0 Å². The predicted molar refractivity (Wildman–Crippen MR) is 84.2 cm³/mol. The van der Waals surface area contributed by atoms with Gasteiger partial charge in [-0.05, 0) is 22.7 Å². The van der Waals surface area contributed by atoms with Crippen LogP contribution in [-0.4, -0.2) is 39.2 Å². The number of rotatable bonds is 8. The van der Waals surface area contributed by atoms with E-state index in [0.717, 1.165) is 0 Å². The lowest BCUT2D eigenvalue weighted by Crippen LogP contribution is -2.49. The van der Waals surface area contributed by atoms with E-state index in [4.69, 9.17) is 4.43 Å². The average Bonchev–Trinajstić information content (AvgIpc) is 2.35. The normalized spacial score (nSPS) is 14.6. The standard InChI is InChI=1S/C15H30O4Si/c1-11(2)20(12(3)4,13(5)6)19-10-14(16)8-9-15(17)18-7/h8-9,11-14,16H,10H2,1-7H3/b9-8+/t14-/m1/s1. The first-order valence-corrected chi connectivity index (χ1v) is 9.40. The van der Waals surface area contributed by atoms with Crippen molar-refractivity contribution in [2.45, 2.75) is 64.3 Å². The summed E-state index contributed by atoms with van der Waals surface area (Å²) in [5.41, 5.74) is 1.41. The van der Waals surface area contributed by atoms with Gasteiger partial charge in [-0.15, -0.1) is 0 Å². The summed E-state index contributed by atoms with van der Waals surface area (Å²) < 4.78 is 10.7. The van der Waals surface area contributed by atoms with E-state index < -0.39 is 20.4 Å². The van der Waals surface area contributed by atoms with E-state index in [1.54, 1.807) is 0 Å². The molecule has 0 heterocycles. The number of ether oxygens (including phenoxy) is 1. The van der Waals surface area contributed by atoms with Crippen LogP contribution in [0.25, 0.3) is 0 Å². The van der Waals surface area contributed by atoms with E-state index in [0.29, 0.717) is 16.6 Å². The Labute approximate surface area is 124 Å². The molecule has 4 nitrogen and oxygen atoms in total. The molecule has 0 aliphatic carbocycles. The maximum absolute atomic E-state index is 11.0. The topological polar surface area (TPSA) is 55.8 Å². The van der Waals surface area contributed by atoms with Crippen LogP contribution in [0.5, 0.6) is 0 Å². The molecular formula is C15H30O4Si. The third kappa shape index (κ3) is 5.03. The Kier molecular flexibility index (Phi) is 8.31. The molecule has 0 aromatic rings. The van der Waals surface area contributed by atoms with Gasteiger partial charge in [0, 0.05) is 6.08 Å². The van der Waals surface area contributed by atoms with Crippen molar-refractivity contribution in [2.24, 2.45) is 0 Å².